The molecule has 8 heteroatoms. The molecular weight excluding hydrogens is 254 g/mol. The largest absolute Gasteiger partial charge is 0.508 e. The molecule has 0 unspecified atom stereocenters. The molecule has 2 rings (SSSR count). The van der Waals surface area contributed by atoms with Crippen LogP contribution in [-0.4, -0.2) is 31.6 Å². The fraction of sp³-hybridized carbons (Fsp3) is 0.100. The summed E-state index contributed by atoms with van der Waals surface area (Å²) in [7, 11) is 0. The number of hydrogen-bond acceptors (Lipinski definition) is 6. The number of aromatic nitrogens is 3. The van der Waals surface area contributed by atoms with E-state index in [-0.39, 0.29) is 17.4 Å². The number of carbonyl (C=O) groups excluding carboxylic acids is 1. The Morgan fingerprint density at radius 3 is 2.78 bits per heavy atom. The first-order valence-electron chi connectivity index (χ1n) is 5.02. The van der Waals surface area contributed by atoms with Crippen LogP contribution in [-0.2, 0) is 4.79 Å². The van der Waals surface area contributed by atoms with E-state index < -0.39 is 0 Å². The van der Waals surface area contributed by atoms with Crippen LogP contribution in [0.4, 0.5) is 5.69 Å². The number of phenolic OH excluding ortho intramolecular Hbond substituents is 1. The summed E-state index contributed by atoms with van der Waals surface area (Å²) in [4.78, 5) is 11.6. The maximum atomic E-state index is 11.6. The number of nitrogens with two attached hydrogens (primary N) is 1. The van der Waals surface area contributed by atoms with Crippen LogP contribution in [0.5, 0.6) is 5.75 Å². The quantitative estimate of drug-likeness (QED) is 0.420. The zero-order chi connectivity index (χ0) is 13.0. The van der Waals surface area contributed by atoms with Gasteiger partial charge >= 0.3 is 0 Å². The molecule has 0 aliphatic carbocycles. The van der Waals surface area contributed by atoms with Gasteiger partial charge in [0, 0.05) is 5.69 Å². The van der Waals surface area contributed by atoms with E-state index in [1.807, 2.05) is 0 Å². The molecule has 1 amide bonds. The monoisotopic (exact) mass is 265 g/mol. The lowest BCUT2D eigenvalue weighted by molar-refractivity contribution is -0.113. The van der Waals surface area contributed by atoms with E-state index in [1.165, 1.54) is 34.9 Å². The molecule has 0 spiro atoms. The molecule has 1 aromatic carbocycles. The molecule has 94 valence electrons. The van der Waals surface area contributed by atoms with Crippen molar-refractivity contribution in [2.75, 3.05) is 16.9 Å². The van der Waals surface area contributed by atoms with Gasteiger partial charge in [-0.05, 0) is 24.3 Å². The summed E-state index contributed by atoms with van der Waals surface area (Å²) in [5, 5.41) is 19.6. The highest BCUT2D eigenvalue weighted by molar-refractivity contribution is 7.99. The van der Waals surface area contributed by atoms with Gasteiger partial charge in [-0.3, -0.25) is 4.79 Å². The fourth-order valence-corrected chi connectivity index (χ4v) is 1.84. The maximum absolute atomic E-state index is 11.6. The summed E-state index contributed by atoms with van der Waals surface area (Å²) in [6, 6.07) is 6.23. The fourth-order valence-electron chi connectivity index (χ4n) is 1.21. The second-order valence-corrected chi connectivity index (χ2v) is 4.35. The molecule has 0 bridgehead atoms. The van der Waals surface area contributed by atoms with E-state index >= 15 is 0 Å². The van der Waals surface area contributed by atoms with Gasteiger partial charge in [-0.1, -0.05) is 11.8 Å². The lowest BCUT2D eigenvalue weighted by Gasteiger charge is -2.04. The maximum Gasteiger partial charge on any atom is 0.234 e. The highest BCUT2D eigenvalue weighted by Crippen LogP contribution is 2.16. The standard InChI is InChI=1S/C10H11N5O2S/c11-15-6-12-14-10(15)18-5-9(17)13-7-1-3-8(16)4-2-7/h1-4,6,16H,5,11H2,(H,13,17). The van der Waals surface area contributed by atoms with Gasteiger partial charge in [0.25, 0.3) is 0 Å². The first kappa shape index (κ1) is 12.2. The number of amides is 1. The Hall–Kier alpha value is -2.22. The molecule has 18 heavy (non-hydrogen) atoms. The van der Waals surface area contributed by atoms with Crippen molar-refractivity contribution in [2.45, 2.75) is 5.16 Å². The number of nitrogen functional groups attached to an aromatic ring is 1. The number of carbonyl (C=O) groups is 1. The van der Waals surface area contributed by atoms with Crippen molar-refractivity contribution in [3.05, 3.63) is 30.6 Å². The zero-order valence-electron chi connectivity index (χ0n) is 9.28. The Morgan fingerprint density at radius 2 is 2.17 bits per heavy atom. The molecule has 2 aromatic rings. The number of hydrogen-bond donors (Lipinski definition) is 3. The summed E-state index contributed by atoms with van der Waals surface area (Å²) in [5.74, 6) is 5.65. The molecule has 1 heterocycles. The predicted molar refractivity (Wildman–Crippen MR) is 67.6 cm³/mol. The number of thioether (sulfide) groups is 1. The lowest BCUT2D eigenvalue weighted by Crippen LogP contribution is -2.15. The first-order chi connectivity index (χ1) is 8.65. The third-order valence-corrected chi connectivity index (χ3v) is 2.98. The van der Waals surface area contributed by atoms with Crippen molar-refractivity contribution >= 4 is 23.4 Å². The van der Waals surface area contributed by atoms with Crippen LogP contribution < -0.4 is 11.2 Å². The number of benzene rings is 1. The first-order valence-corrected chi connectivity index (χ1v) is 6.00. The topological polar surface area (TPSA) is 106 Å². The Kier molecular flexibility index (Phi) is 3.68. The second kappa shape index (κ2) is 5.41. The van der Waals surface area contributed by atoms with Gasteiger partial charge in [-0.2, -0.15) is 0 Å². The SMILES string of the molecule is Nn1cnnc1SCC(=O)Nc1ccc(O)cc1. The molecule has 4 N–H and O–H groups in total. The van der Waals surface area contributed by atoms with Crippen LogP contribution in [0.1, 0.15) is 0 Å². The van der Waals surface area contributed by atoms with Crippen LogP contribution in [0.2, 0.25) is 0 Å². The van der Waals surface area contributed by atoms with Crippen molar-refractivity contribution in [1.29, 1.82) is 0 Å². The molecule has 0 atom stereocenters. The normalized spacial score (nSPS) is 10.2. The lowest BCUT2D eigenvalue weighted by atomic mass is 10.3. The number of nitrogens with one attached hydrogen (secondary N) is 1. The molecule has 0 radical (unpaired) electrons. The van der Waals surface area contributed by atoms with Crippen molar-refractivity contribution in [2.24, 2.45) is 0 Å². The third-order valence-electron chi connectivity index (χ3n) is 2.02. The molecule has 1 aromatic heterocycles. The van der Waals surface area contributed by atoms with E-state index in [9.17, 15) is 4.79 Å². The molecule has 0 aliphatic rings. The van der Waals surface area contributed by atoms with Gasteiger partial charge < -0.3 is 16.3 Å². The smallest absolute Gasteiger partial charge is 0.234 e. The third kappa shape index (κ3) is 3.14. The molecule has 0 fully saturated rings. The van der Waals surface area contributed by atoms with Gasteiger partial charge in [0.2, 0.25) is 11.1 Å². The second-order valence-electron chi connectivity index (χ2n) is 3.40. The summed E-state index contributed by atoms with van der Waals surface area (Å²) < 4.78 is 1.25. The van der Waals surface area contributed by atoms with E-state index in [1.54, 1.807) is 12.1 Å². The van der Waals surface area contributed by atoms with E-state index in [2.05, 4.69) is 15.5 Å². The highest BCUT2D eigenvalue weighted by atomic mass is 32.2. The molecule has 7 nitrogen and oxygen atoms in total. The Labute approximate surface area is 107 Å². The molecule has 0 aliphatic heterocycles. The van der Waals surface area contributed by atoms with Crippen LogP contribution in [0.15, 0.2) is 35.7 Å². The van der Waals surface area contributed by atoms with Gasteiger partial charge in [0.1, 0.15) is 12.1 Å². The Balaban J connectivity index is 1.86. The van der Waals surface area contributed by atoms with E-state index in [4.69, 9.17) is 10.9 Å². The molecule has 0 saturated heterocycles. The van der Waals surface area contributed by atoms with Crippen molar-refractivity contribution in [1.82, 2.24) is 14.9 Å². The number of rotatable bonds is 4. The number of nitrogens with zero attached hydrogens (tertiary/aromatic N) is 3. The zero-order valence-corrected chi connectivity index (χ0v) is 10.1. The number of aromatic hydroxyl groups is 1. The minimum absolute atomic E-state index is 0.151. The van der Waals surface area contributed by atoms with Gasteiger partial charge in [0.05, 0.1) is 5.75 Å². The van der Waals surface area contributed by atoms with Crippen molar-refractivity contribution in [3.63, 3.8) is 0 Å². The van der Waals surface area contributed by atoms with Crippen LogP contribution >= 0.6 is 11.8 Å². The Bertz CT molecular complexity index is 539. The highest BCUT2D eigenvalue weighted by Gasteiger charge is 2.07. The van der Waals surface area contributed by atoms with Gasteiger partial charge in [-0.25, -0.2) is 4.68 Å². The van der Waals surface area contributed by atoms with Gasteiger partial charge in [-0.15, -0.1) is 10.2 Å². The van der Waals surface area contributed by atoms with Crippen LogP contribution in [0.3, 0.4) is 0 Å². The molecule has 0 saturated carbocycles. The van der Waals surface area contributed by atoms with Crippen molar-refractivity contribution in [3.8, 4) is 5.75 Å². The summed E-state index contributed by atoms with van der Waals surface area (Å²) >= 11 is 1.19. The molecular formula is C10H11N5O2S. The summed E-state index contributed by atoms with van der Waals surface area (Å²) in [6.07, 6.45) is 1.36. The number of anilines is 1. The van der Waals surface area contributed by atoms with E-state index in [0.29, 0.717) is 10.8 Å². The average Bonchev–Trinajstić information content (AvgIpc) is 2.75. The number of phenols is 1. The van der Waals surface area contributed by atoms with Gasteiger partial charge in [0.15, 0.2) is 0 Å². The van der Waals surface area contributed by atoms with E-state index in [0.717, 1.165) is 0 Å². The van der Waals surface area contributed by atoms with Crippen molar-refractivity contribution < 1.29 is 9.90 Å². The van der Waals surface area contributed by atoms with Crippen LogP contribution in [0, 0.1) is 0 Å². The Morgan fingerprint density at radius 1 is 1.44 bits per heavy atom. The minimum atomic E-state index is -0.186. The summed E-state index contributed by atoms with van der Waals surface area (Å²) in [5.41, 5.74) is 0.618. The summed E-state index contributed by atoms with van der Waals surface area (Å²) in [6.45, 7) is 0. The average molecular weight is 265 g/mol. The minimum Gasteiger partial charge on any atom is -0.508 e. The predicted octanol–water partition coefficient (Wildman–Crippen LogP) is 0.428. The van der Waals surface area contributed by atoms with Crippen LogP contribution in [0.25, 0.3) is 0 Å².